The summed E-state index contributed by atoms with van der Waals surface area (Å²) in [6.45, 7) is 11.9. The van der Waals surface area contributed by atoms with Gasteiger partial charge in [0.2, 0.25) is 9.84 Å². The summed E-state index contributed by atoms with van der Waals surface area (Å²) >= 11 is 0. The Bertz CT molecular complexity index is 1460. The van der Waals surface area contributed by atoms with Gasteiger partial charge in [0.1, 0.15) is 16.7 Å². The van der Waals surface area contributed by atoms with Crippen LogP contribution in [-0.2, 0) is 20.7 Å². The molecule has 0 aliphatic carbocycles. The Morgan fingerprint density at radius 1 is 0.806 bits per heavy atom. The lowest BCUT2D eigenvalue weighted by Gasteiger charge is -2.28. The van der Waals surface area contributed by atoms with E-state index in [9.17, 15) is 18.8 Å². The van der Waals surface area contributed by atoms with Crippen LogP contribution in [0.5, 0.6) is 5.75 Å². The Kier molecular flexibility index (Phi) is 7.48. The predicted octanol–water partition coefficient (Wildman–Crippen LogP) is 6.73. The second-order valence-electron chi connectivity index (χ2n) is 10.7. The number of phenols is 1. The zero-order valence-electron chi connectivity index (χ0n) is 21.5. The molecule has 184 valence electrons. The van der Waals surface area contributed by atoms with Gasteiger partial charge in [-0.3, -0.25) is 0 Å². The summed E-state index contributed by atoms with van der Waals surface area (Å²) in [5, 5.41) is 20.7. The molecule has 0 heterocycles. The van der Waals surface area contributed by atoms with Gasteiger partial charge in [0.25, 0.3) is 0 Å². The summed E-state index contributed by atoms with van der Waals surface area (Å²) in [6.07, 6.45) is 1.38. The Morgan fingerprint density at radius 2 is 1.28 bits per heavy atom. The van der Waals surface area contributed by atoms with Crippen LogP contribution < -0.4 is 0 Å². The van der Waals surface area contributed by atoms with E-state index >= 15 is 0 Å². The van der Waals surface area contributed by atoms with Gasteiger partial charge < -0.3 is 5.11 Å². The van der Waals surface area contributed by atoms with E-state index in [4.69, 9.17) is 0 Å². The number of hydrogen-bond acceptors (Lipinski definition) is 4. The topological polar surface area (TPSA) is 78.2 Å². The van der Waals surface area contributed by atoms with Crippen molar-refractivity contribution in [3.8, 4) is 23.7 Å². The number of nitrogens with zero attached hydrogens (tertiary/aromatic N) is 1. The van der Waals surface area contributed by atoms with Gasteiger partial charge in [-0.15, -0.1) is 0 Å². The molecule has 0 spiro atoms. The van der Waals surface area contributed by atoms with Crippen LogP contribution in [0.25, 0.3) is 6.08 Å². The van der Waals surface area contributed by atoms with Gasteiger partial charge in [0.05, 0.1) is 4.90 Å². The molecule has 0 aliphatic rings. The summed E-state index contributed by atoms with van der Waals surface area (Å²) in [7, 11) is -4.05. The fourth-order valence-electron chi connectivity index (χ4n) is 3.72. The molecule has 0 amide bonds. The first-order valence-corrected chi connectivity index (χ1v) is 13.1. The van der Waals surface area contributed by atoms with Crippen LogP contribution in [0.3, 0.4) is 0 Å². The molecular formula is C31H31NO3S. The van der Waals surface area contributed by atoms with Crippen molar-refractivity contribution in [3.05, 3.63) is 99.5 Å². The maximum atomic E-state index is 13.3. The van der Waals surface area contributed by atoms with Crippen LogP contribution in [0.4, 0.5) is 0 Å². The van der Waals surface area contributed by atoms with Gasteiger partial charge in [-0.25, -0.2) is 8.42 Å². The molecular weight excluding hydrogens is 466 g/mol. The molecule has 3 aromatic carbocycles. The second kappa shape index (κ2) is 10.1. The molecule has 3 aromatic rings. The summed E-state index contributed by atoms with van der Waals surface area (Å²) in [5.41, 5.74) is 2.71. The quantitative estimate of drug-likeness (QED) is 0.322. The van der Waals surface area contributed by atoms with Crippen molar-refractivity contribution in [2.45, 2.75) is 57.3 Å². The minimum atomic E-state index is -4.05. The van der Waals surface area contributed by atoms with Gasteiger partial charge in [0, 0.05) is 22.3 Å². The number of sulfone groups is 1. The van der Waals surface area contributed by atoms with Crippen LogP contribution in [0, 0.1) is 23.2 Å². The van der Waals surface area contributed by atoms with E-state index in [-0.39, 0.29) is 26.4 Å². The Balaban J connectivity index is 2.04. The van der Waals surface area contributed by atoms with E-state index < -0.39 is 9.84 Å². The van der Waals surface area contributed by atoms with Crippen LogP contribution >= 0.6 is 0 Å². The maximum Gasteiger partial charge on any atom is 0.216 e. The SMILES string of the molecule is CC(C)(C)c1cc(C=C(C#N)S(=O)(=O)c2ccc(C#Cc3ccccc3)cc2)cc(C(C)(C)C)c1O. The van der Waals surface area contributed by atoms with Crippen molar-refractivity contribution < 1.29 is 13.5 Å². The highest BCUT2D eigenvalue weighted by Crippen LogP contribution is 2.40. The van der Waals surface area contributed by atoms with Crippen molar-refractivity contribution >= 4 is 15.9 Å². The van der Waals surface area contributed by atoms with Crippen molar-refractivity contribution in [3.63, 3.8) is 0 Å². The summed E-state index contributed by atoms with van der Waals surface area (Å²) in [5.74, 6) is 6.26. The molecule has 4 nitrogen and oxygen atoms in total. The summed E-state index contributed by atoms with van der Waals surface area (Å²) in [4.78, 5) is -0.345. The number of rotatable bonds is 3. The lowest BCUT2D eigenvalue weighted by atomic mass is 9.78. The number of phenolic OH excluding ortho intramolecular Hbond substituents is 1. The fraction of sp³-hybridized carbons (Fsp3) is 0.258. The fourth-order valence-corrected chi connectivity index (χ4v) is 4.87. The molecule has 5 heteroatoms. The largest absolute Gasteiger partial charge is 0.507 e. The molecule has 0 radical (unpaired) electrons. The highest BCUT2D eigenvalue weighted by atomic mass is 32.2. The van der Waals surface area contributed by atoms with Crippen LogP contribution in [0.15, 0.2) is 76.5 Å². The standard InChI is InChI=1S/C31H31NO3S/c1-30(2,3)27-19-24(20-28(29(27)33)31(4,5)6)18-26(21-32)36(34,35)25-16-14-23(15-17-25)13-12-22-10-8-7-9-11-22/h7-11,14-20,33H,1-6H3. The third-order valence-corrected chi connectivity index (χ3v) is 7.42. The monoisotopic (exact) mass is 497 g/mol. The van der Waals surface area contributed by atoms with Gasteiger partial charge in [0.15, 0.2) is 0 Å². The smallest absolute Gasteiger partial charge is 0.216 e. The zero-order chi connectivity index (χ0) is 26.7. The Hall–Kier alpha value is -3.80. The third-order valence-electron chi connectivity index (χ3n) is 5.74. The zero-order valence-corrected chi connectivity index (χ0v) is 22.4. The second-order valence-corrected chi connectivity index (χ2v) is 12.6. The van der Waals surface area contributed by atoms with Crippen molar-refractivity contribution in [1.82, 2.24) is 0 Å². The van der Waals surface area contributed by atoms with Crippen molar-refractivity contribution in [2.75, 3.05) is 0 Å². The first-order valence-electron chi connectivity index (χ1n) is 11.7. The molecule has 0 bridgehead atoms. The van der Waals surface area contributed by atoms with E-state index in [0.29, 0.717) is 22.3 Å². The minimum absolute atomic E-state index is 0.0198. The first-order chi connectivity index (χ1) is 16.7. The molecule has 0 unspecified atom stereocenters. The van der Waals surface area contributed by atoms with E-state index in [1.54, 1.807) is 24.3 Å². The molecule has 0 saturated carbocycles. The van der Waals surface area contributed by atoms with Gasteiger partial charge in [-0.2, -0.15) is 5.26 Å². The predicted molar refractivity (Wildman–Crippen MR) is 145 cm³/mol. The minimum Gasteiger partial charge on any atom is -0.507 e. The average Bonchev–Trinajstić information content (AvgIpc) is 2.81. The Morgan fingerprint density at radius 3 is 1.72 bits per heavy atom. The van der Waals surface area contributed by atoms with E-state index in [0.717, 1.165) is 5.56 Å². The lowest BCUT2D eigenvalue weighted by molar-refractivity contribution is 0.423. The lowest BCUT2D eigenvalue weighted by Crippen LogP contribution is -2.17. The van der Waals surface area contributed by atoms with Crippen LogP contribution in [0.2, 0.25) is 0 Å². The molecule has 36 heavy (non-hydrogen) atoms. The number of hydrogen-bond donors (Lipinski definition) is 1. The van der Waals surface area contributed by atoms with Gasteiger partial charge >= 0.3 is 0 Å². The van der Waals surface area contributed by atoms with Crippen LogP contribution in [0.1, 0.15) is 69.4 Å². The van der Waals surface area contributed by atoms with Gasteiger partial charge in [-0.1, -0.05) is 71.6 Å². The number of benzene rings is 3. The highest BCUT2D eigenvalue weighted by molar-refractivity contribution is 7.95. The van der Waals surface area contributed by atoms with E-state index in [1.807, 2.05) is 77.9 Å². The average molecular weight is 498 g/mol. The molecule has 1 N–H and O–H groups in total. The number of aromatic hydroxyl groups is 1. The first kappa shape index (κ1) is 26.8. The molecule has 3 rings (SSSR count). The highest BCUT2D eigenvalue weighted by Gasteiger charge is 2.27. The van der Waals surface area contributed by atoms with E-state index in [2.05, 4.69) is 11.8 Å². The number of allylic oxidation sites excluding steroid dienone is 1. The van der Waals surface area contributed by atoms with E-state index in [1.165, 1.54) is 18.2 Å². The summed E-state index contributed by atoms with van der Waals surface area (Å²) < 4.78 is 26.6. The number of nitriles is 1. The molecule has 0 atom stereocenters. The Labute approximate surface area is 214 Å². The molecule has 0 aromatic heterocycles. The molecule has 0 saturated heterocycles. The summed E-state index contributed by atoms with van der Waals surface area (Å²) in [6, 6.07) is 21.1. The maximum absolute atomic E-state index is 13.3. The van der Waals surface area contributed by atoms with Gasteiger partial charge in [-0.05, 0) is 71.0 Å². The van der Waals surface area contributed by atoms with Crippen molar-refractivity contribution in [1.29, 1.82) is 5.26 Å². The van der Waals surface area contributed by atoms with Crippen LogP contribution in [-0.4, -0.2) is 13.5 Å². The third kappa shape index (κ3) is 6.06. The molecule has 0 aliphatic heterocycles. The molecule has 0 fully saturated rings. The normalized spacial score (nSPS) is 12.4. The van der Waals surface area contributed by atoms with Crippen molar-refractivity contribution in [2.24, 2.45) is 0 Å².